The Morgan fingerprint density at radius 3 is 2.20 bits per heavy atom. The van der Waals surface area contributed by atoms with Crippen molar-refractivity contribution in [1.29, 1.82) is 0 Å². The maximum Gasteiger partial charge on any atom is 0.338 e. The number of rotatable bonds is 11. The number of unbranched alkanes of at least 4 members (excludes halogenated alkanes) is 1. The lowest BCUT2D eigenvalue weighted by atomic mass is 10.1. The van der Waals surface area contributed by atoms with E-state index < -0.39 is 0 Å². The van der Waals surface area contributed by atoms with E-state index in [0.717, 1.165) is 38.9 Å². The van der Waals surface area contributed by atoms with Gasteiger partial charge in [0, 0.05) is 6.61 Å². The molecule has 0 fully saturated rings. The summed E-state index contributed by atoms with van der Waals surface area (Å²) in [6.45, 7) is 10.7. The summed E-state index contributed by atoms with van der Waals surface area (Å²) in [5, 5.41) is 0. The van der Waals surface area contributed by atoms with Gasteiger partial charge in [-0.3, -0.25) is 0 Å². The van der Waals surface area contributed by atoms with E-state index in [4.69, 9.17) is 9.47 Å². The quantitative estimate of drug-likeness (QED) is 0.280. The monoisotopic (exact) mass is 348 g/mol. The smallest absolute Gasteiger partial charge is 0.338 e. The lowest BCUT2D eigenvalue weighted by Gasteiger charge is -2.03. The van der Waals surface area contributed by atoms with Gasteiger partial charge < -0.3 is 9.47 Å². The van der Waals surface area contributed by atoms with Crippen molar-refractivity contribution in [3.05, 3.63) is 47.5 Å². The molecular weight excluding hydrogens is 312 g/mol. The van der Waals surface area contributed by atoms with Crippen LogP contribution in [0.3, 0.4) is 0 Å². The Bertz CT molecular complexity index is 449. The summed E-state index contributed by atoms with van der Waals surface area (Å²) in [7, 11) is 0. The van der Waals surface area contributed by atoms with Crippen LogP contribution in [0.1, 0.15) is 75.7 Å². The molecule has 0 aliphatic rings. The van der Waals surface area contributed by atoms with Gasteiger partial charge in [-0.1, -0.05) is 58.4 Å². The Labute approximate surface area is 154 Å². The maximum atomic E-state index is 11.4. The topological polar surface area (TPSA) is 35.5 Å². The number of aryl methyl sites for hydroxylation is 1. The van der Waals surface area contributed by atoms with Gasteiger partial charge in [0.25, 0.3) is 0 Å². The van der Waals surface area contributed by atoms with Crippen LogP contribution >= 0.6 is 0 Å². The fourth-order valence-corrected chi connectivity index (χ4v) is 1.94. The molecule has 0 heterocycles. The van der Waals surface area contributed by atoms with Crippen LogP contribution in [-0.2, 0) is 15.9 Å². The molecule has 0 radical (unpaired) electrons. The summed E-state index contributed by atoms with van der Waals surface area (Å²) in [4.78, 5) is 11.4. The van der Waals surface area contributed by atoms with Crippen LogP contribution < -0.4 is 0 Å². The molecule has 0 aliphatic heterocycles. The van der Waals surface area contributed by atoms with E-state index >= 15 is 0 Å². The van der Waals surface area contributed by atoms with Crippen LogP contribution in [0, 0.1) is 0 Å². The number of hydrogen-bond donors (Lipinski definition) is 0. The summed E-state index contributed by atoms with van der Waals surface area (Å²) in [6, 6.07) is 7.55. The summed E-state index contributed by atoms with van der Waals surface area (Å²) >= 11 is 0. The molecule has 0 amide bonds. The molecular formula is C22H36O3. The number of allylic oxidation sites excluding steroid dienone is 1. The average molecular weight is 349 g/mol. The first-order valence-electron chi connectivity index (χ1n) is 9.68. The number of ether oxygens (including phenoxy) is 2. The molecule has 0 bridgehead atoms. The fraction of sp³-hybridized carbons (Fsp3) is 0.591. The third-order valence-electron chi connectivity index (χ3n) is 3.51. The largest absolute Gasteiger partial charge is 0.462 e. The number of carbonyl (C=O) groups is 1. The fourth-order valence-electron chi connectivity index (χ4n) is 1.94. The van der Waals surface area contributed by atoms with Crippen LogP contribution in [0.4, 0.5) is 0 Å². The molecule has 1 aromatic carbocycles. The lowest BCUT2D eigenvalue weighted by molar-refractivity contribution is 0.0505. The molecule has 0 atom stereocenters. The number of hydrogen-bond acceptors (Lipinski definition) is 3. The zero-order valence-corrected chi connectivity index (χ0v) is 16.6. The second kappa shape index (κ2) is 17.2. The molecule has 3 nitrogen and oxygen atoms in total. The van der Waals surface area contributed by atoms with Crippen molar-refractivity contribution in [2.45, 2.75) is 66.2 Å². The molecule has 0 N–H and O–H groups in total. The highest BCUT2D eigenvalue weighted by Crippen LogP contribution is 2.06. The Morgan fingerprint density at radius 2 is 1.64 bits per heavy atom. The van der Waals surface area contributed by atoms with E-state index in [-0.39, 0.29) is 5.97 Å². The predicted molar refractivity (Wildman–Crippen MR) is 106 cm³/mol. The van der Waals surface area contributed by atoms with Crippen molar-refractivity contribution in [3.63, 3.8) is 0 Å². The molecule has 1 rings (SSSR count). The third-order valence-corrected chi connectivity index (χ3v) is 3.51. The van der Waals surface area contributed by atoms with Crippen LogP contribution in [0.15, 0.2) is 36.4 Å². The average Bonchev–Trinajstić information content (AvgIpc) is 2.66. The summed E-state index contributed by atoms with van der Waals surface area (Å²) in [5.74, 6) is -0.227. The van der Waals surface area contributed by atoms with E-state index in [1.54, 1.807) is 0 Å². The first-order chi connectivity index (χ1) is 12.2. The van der Waals surface area contributed by atoms with Gasteiger partial charge in [0.05, 0.1) is 18.8 Å². The van der Waals surface area contributed by atoms with Gasteiger partial charge in [0.1, 0.15) is 0 Å². The van der Waals surface area contributed by atoms with Gasteiger partial charge in [0.15, 0.2) is 0 Å². The van der Waals surface area contributed by atoms with Crippen LogP contribution in [0.25, 0.3) is 0 Å². The normalized spacial score (nSPS) is 10.4. The molecule has 0 spiro atoms. The SMILES string of the molecule is CC/C=C\CCOCCCC.CCCOC(=O)c1ccc(CC)cc1. The number of benzene rings is 1. The third kappa shape index (κ3) is 13.4. The highest BCUT2D eigenvalue weighted by molar-refractivity contribution is 5.89. The summed E-state index contributed by atoms with van der Waals surface area (Å²) in [5.41, 5.74) is 1.87. The Kier molecular flexibility index (Phi) is 16.1. The highest BCUT2D eigenvalue weighted by atomic mass is 16.5. The second-order valence-corrected chi connectivity index (χ2v) is 5.82. The van der Waals surface area contributed by atoms with Crippen LogP contribution in [0.5, 0.6) is 0 Å². The van der Waals surface area contributed by atoms with Crippen molar-refractivity contribution in [2.24, 2.45) is 0 Å². The minimum absolute atomic E-state index is 0.227. The molecule has 1 aromatic rings. The molecule has 142 valence electrons. The Hall–Kier alpha value is -1.61. The van der Waals surface area contributed by atoms with Gasteiger partial charge in [0.2, 0.25) is 0 Å². The molecule has 3 heteroatoms. The van der Waals surface area contributed by atoms with E-state index in [2.05, 4.69) is 32.9 Å². The molecule has 0 saturated carbocycles. The van der Waals surface area contributed by atoms with Gasteiger partial charge in [-0.25, -0.2) is 4.79 Å². The molecule has 0 aromatic heterocycles. The standard InChI is InChI=1S/C12H16O2.C10H20O/c1-3-9-14-12(13)11-7-5-10(4-2)6-8-11;1-3-5-7-8-10-11-9-6-4-2/h5-8H,3-4,9H2,1-2H3;5,7H,3-4,6,8-10H2,1-2H3/b;7-5-. The molecule has 0 unspecified atom stereocenters. The summed E-state index contributed by atoms with van der Waals surface area (Å²) < 4.78 is 10.4. The van der Waals surface area contributed by atoms with E-state index in [9.17, 15) is 4.79 Å². The van der Waals surface area contributed by atoms with Gasteiger partial charge >= 0.3 is 5.97 Å². The van der Waals surface area contributed by atoms with Crippen molar-refractivity contribution in [2.75, 3.05) is 19.8 Å². The van der Waals surface area contributed by atoms with E-state index in [1.165, 1.54) is 18.4 Å². The summed E-state index contributed by atoms with van der Waals surface area (Å²) in [6.07, 6.45) is 10.8. The van der Waals surface area contributed by atoms with Crippen molar-refractivity contribution >= 4 is 5.97 Å². The zero-order valence-electron chi connectivity index (χ0n) is 16.6. The minimum Gasteiger partial charge on any atom is -0.462 e. The lowest BCUT2D eigenvalue weighted by Crippen LogP contribution is -2.05. The van der Waals surface area contributed by atoms with Gasteiger partial charge in [-0.2, -0.15) is 0 Å². The number of carbonyl (C=O) groups excluding carboxylic acids is 1. The maximum absolute atomic E-state index is 11.4. The molecule has 0 aliphatic carbocycles. The number of esters is 1. The Morgan fingerprint density at radius 1 is 0.920 bits per heavy atom. The second-order valence-electron chi connectivity index (χ2n) is 5.82. The molecule has 25 heavy (non-hydrogen) atoms. The van der Waals surface area contributed by atoms with Crippen LogP contribution in [-0.4, -0.2) is 25.8 Å². The van der Waals surface area contributed by atoms with Gasteiger partial charge in [-0.05, 0) is 49.8 Å². The van der Waals surface area contributed by atoms with E-state index in [0.29, 0.717) is 12.2 Å². The van der Waals surface area contributed by atoms with Crippen molar-refractivity contribution in [3.8, 4) is 0 Å². The highest BCUT2D eigenvalue weighted by Gasteiger charge is 2.05. The van der Waals surface area contributed by atoms with E-state index in [1.807, 2.05) is 31.2 Å². The minimum atomic E-state index is -0.227. The molecule has 0 saturated heterocycles. The predicted octanol–water partition coefficient (Wildman–Crippen LogP) is 5.98. The van der Waals surface area contributed by atoms with Gasteiger partial charge in [-0.15, -0.1) is 0 Å². The van der Waals surface area contributed by atoms with Crippen LogP contribution in [0.2, 0.25) is 0 Å². The Balaban J connectivity index is 0.000000477. The first-order valence-corrected chi connectivity index (χ1v) is 9.68. The van der Waals surface area contributed by atoms with Crippen molar-refractivity contribution in [1.82, 2.24) is 0 Å². The zero-order chi connectivity index (χ0) is 18.8. The van der Waals surface area contributed by atoms with Crippen molar-refractivity contribution < 1.29 is 14.3 Å². The first kappa shape index (κ1) is 23.4.